The van der Waals surface area contributed by atoms with Gasteiger partial charge in [-0.3, -0.25) is 19.3 Å². The Balaban J connectivity index is 1.63. The van der Waals surface area contributed by atoms with Gasteiger partial charge in [0.1, 0.15) is 6.54 Å². The maximum Gasteiger partial charge on any atom is 0.240 e. The van der Waals surface area contributed by atoms with E-state index in [-0.39, 0.29) is 47.9 Å². The highest BCUT2D eigenvalue weighted by Crippen LogP contribution is 2.52. The number of hydrogen-bond donors (Lipinski definition) is 1. The van der Waals surface area contributed by atoms with E-state index in [0.29, 0.717) is 6.54 Å². The number of rotatable bonds is 5. The summed E-state index contributed by atoms with van der Waals surface area (Å²) in [7, 11) is 0. The monoisotopic (exact) mass is 276 g/mol. The molecule has 1 heterocycles. The second-order valence-corrected chi connectivity index (χ2v) is 5.97. The molecule has 2 fully saturated rings. The van der Waals surface area contributed by atoms with Crippen molar-refractivity contribution >= 4 is 17.7 Å². The SMILES string of the molecule is CCCCNC(=O)CN1C(=O)C2C3C=CC(C3)C2C1=O. The first-order valence-corrected chi connectivity index (χ1v) is 7.43. The molecule has 3 aliphatic rings. The smallest absolute Gasteiger partial charge is 0.240 e. The van der Waals surface area contributed by atoms with E-state index in [1.54, 1.807) is 0 Å². The van der Waals surface area contributed by atoms with Gasteiger partial charge in [-0.25, -0.2) is 0 Å². The number of hydrogen-bond acceptors (Lipinski definition) is 3. The molecular formula is C15H20N2O3. The van der Waals surface area contributed by atoms with Crippen LogP contribution in [0, 0.1) is 23.7 Å². The Morgan fingerprint density at radius 1 is 1.25 bits per heavy atom. The Bertz CT molecular complexity index is 456. The zero-order valence-corrected chi connectivity index (χ0v) is 11.7. The Labute approximate surface area is 118 Å². The van der Waals surface area contributed by atoms with E-state index in [1.165, 1.54) is 4.90 Å². The van der Waals surface area contributed by atoms with Crippen LogP contribution in [0.1, 0.15) is 26.2 Å². The maximum atomic E-state index is 12.3. The molecule has 5 nitrogen and oxygen atoms in total. The number of carbonyl (C=O) groups excluding carboxylic acids is 3. The summed E-state index contributed by atoms with van der Waals surface area (Å²) in [5.41, 5.74) is 0. The largest absolute Gasteiger partial charge is 0.355 e. The van der Waals surface area contributed by atoms with Gasteiger partial charge in [0.2, 0.25) is 17.7 Å². The molecule has 1 saturated carbocycles. The lowest BCUT2D eigenvalue weighted by Crippen LogP contribution is -2.42. The van der Waals surface area contributed by atoms with Gasteiger partial charge in [0.05, 0.1) is 11.8 Å². The zero-order chi connectivity index (χ0) is 14.3. The molecule has 2 bridgehead atoms. The van der Waals surface area contributed by atoms with E-state index >= 15 is 0 Å². The number of unbranched alkanes of at least 4 members (excludes halogenated alkanes) is 1. The molecule has 0 aromatic heterocycles. The standard InChI is InChI=1S/C15H20N2O3/c1-2-3-6-16-11(18)8-17-14(19)12-9-4-5-10(7-9)13(12)15(17)20/h4-5,9-10,12-13H,2-3,6-8H2,1H3,(H,16,18). The Morgan fingerprint density at radius 3 is 2.40 bits per heavy atom. The summed E-state index contributed by atoms with van der Waals surface area (Å²) in [5, 5.41) is 2.75. The Kier molecular flexibility index (Phi) is 3.36. The Hall–Kier alpha value is -1.65. The van der Waals surface area contributed by atoms with Gasteiger partial charge < -0.3 is 5.32 Å². The van der Waals surface area contributed by atoms with E-state index in [1.807, 2.05) is 6.92 Å². The minimum atomic E-state index is -0.236. The molecule has 0 radical (unpaired) electrons. The van der Waals surface area contributed by atoms with Crippen LogP contribution in [0.4, 0.5) is 0 Å². The van der Waals surface area contributed by atoms with Crippen LogP contribution in [0.2, 0.25) is 0 Å². The van der Waals surface area contributed by atoms with Crippen LogP contribution in [-0.4, -0.2) is 35.7 Å². The first-order chi connectivity index (χ1) is 9.63. The predicted octanol–water partition coefficient (Wildman–Crippen LogP) is 0.710. The van der Waals surface area contributed by atoms with Gasteiger partial charge >= 0.3 is 0 Å². The lowest BCUT2D eigenvalue weighted by molar-refractivity contribution is -0.144. The molecule has 20 heavy (non-hydrogen) atoms. The van der Waals surface area contributed by atoms with E-state index in [4.69, 9.17) is 0 Å². The molecule has 4 atom stereocenters. The fourth-order valence-electron chi connectivity index (χ4n) is 3.72. The quantitative estimate of drug-likeness (QED) is 0.457. The summed E-state index contributed by atoms with van der Waals surface area (Å²) in [6.07, 6.45) is 6.95. The lowest BCUT2D eigenvalue weighted by atomic mass is 9.85. The van der Waals surface area contributed by atoms with Crippen molar-refractivity contribution in [3.05, 3.63) is 12.2 Å². The first kappa shape index (κ1) is 13.3. The van der Waals surface area contributed by atoms with Crippen molar-refractivity contribution in [3.63, 3.8) is 0 Å². The highest BCUT2D eigenvalue weighted by molar-refractivity contribution is 6.08. The molecule has 0 aromatic rings. The highest BCUT2D eigenvalue weighted by Gasteiger charge is 2.59. The van der Waals surface area contributed by atoms with Crippen molar-refractivity contribution in [2.45, 2.75) is 26.2 Å². The summed E-state index contributed by atoms with van der Waals surface area (Å²) in [6.45, 7) is 2.53. The minimum Gasteiger partial charge on any atom is -0.355 e. The van der Waals surface area contributed by atoms with Gasteiger partial charge in [-0.1, -0.05) is 25.5 Å². The minimum absolute atomic E-state index is 0.117. The van der Waals surface area contributed by atoms with Crippen molar-refractivity contribution in [1.29, 1.82) is 0 Å². The third-order valence-corrected chi connectivity index (χ3v) is 4.72. The van der Waals surface area contributed by atoms with E-state index in [0.717, 1.165) is 19.3 Å². The normalized spacial score (nSPS) is 34.0. The molecule has 2 aliphatic carbocycles. The van der Waals surface area contributed by atoms with Gasteiger partial charge in [0.15, 0.2) is 0 Å². The van der Waals surface area contributed by atoms with E-state index < -0.39 is 0 Å². The topological polar surface area (TPSA) is 66.5 Å². The number of likely N-dealkylation sites (tertiary alicyclic amines) is 1. The van der Waals surface area contributed by atoms with Crippen LogP contribution in [0.5, 0.6) is 0 Å². The fraction of sp³-hybridized carbons (Fsp3) is 0.667. The van der Waals surface area contributed by atoms with E-state index in [9.17, 15) is 14.4 Å². The van der Waals surface area contributed by atoms with Gasteiger partial charge in [0.25, 0.3) is 0 Å². The van der Waals surface area contributed by atoms with Crippen LogP contribution in [0.3, 0.4) is 0 Å². The van der Waals surface area contributed by atoms with Crippen molar-refractivity contribution in [2.24, 2.45) is 23.7 Å². The predicted molar refractivity (Wildman–Crippen MR) is 72.4 cm³/mol. The van der Waals surface area contributed by atoms with Gasteiger partial charge in [0, 0.05) is 6.54 Å². The summed E-state index contributed by atoms with van der Waals surface area (Å²) >= 11 is 0. The number of fused-ring (bicyclic) bond motifs is 5. The summed E-state index contributed by atoms with van der Waals surface area (Å²) < 4.78 is 0. The van der Waals surface area contributed by atoms with Crippen LogP contribution in [0.15, 0.2) is 12.2 Å². The molecule has 0 aromatic carbocycles. The number of imide groups is 1. The molecule has 4 unspecified atom stereocenters. The average molecular weight is 276 g/mol. The average Bonchev–Trinajstić information content (AvgIpc) is 3.09. The third kappa shape index (κ3) is 1.96. The molecule has 1 aliphatic heterocycles. The number of carbonyl (C=O) groups is 3. The molecule has 5 heteroatoms. The molecule has 1 N–H and O–H groups in total. The van der Waals surface area contributed by atoms with Crippen LogP contribution < -0.4 is 5.32 Å². The summed E-state index contributed by atoms with van der Waals surface area (Å²) in [6, 6.07) is 0. The van der Waals surface area contributed by atoms with Crippen molar-refractivity contribution in [3.8, 4) is 0 Å². The fourth-order valence-corrected chi connectivity index (χ4v) is 3.72. The van der Waals surface area contributed by atoms with Crippen molar-refractivity contribution in [1.82, 2.24) is 10.2 Å². The van der Waals surface area contributed by atoms with Crippen LogP contribution in [-0.2, 0) is 14.4 Å². The van der Waals surface area contributed by atoms with Crippen molar-refractivity contribution < 1.29 is 14.4 Å². The zero-order valence-electron chi connectivity index (χ0n) is 11.7. The molecular weight excluding hydrogens is 256 g/mol. The molecule has 1 saturated heterocycles. The maximum absolute atomic E-state index is 12.3. The molecule has 3 rings (SSSR count). The number of amides is 3. The molecule has 0 spiro atoms. The van der Waals surface area contributed by atoms with Gasteiger partial charge in [-0.15, -0.1) is 0 Å². The first-order valence-electron chi connectivity index (χ1n) is 7.43. The van der Waals surface area contributed by atoms with Crippen LogP contribution >= 0.6 is 0 Å². The molecule has 108 valence electrons. The summed E-state index contributed by atoms with van der Waals surface area (Å²) in [4.78, 5) is 37.6. The number of nitrogens with zero attached hydrogens (tertiary/aromatic N) is 1. The second kappa shape index (κ2) is 5.04. The van der Waals surface area contributed by atoms with Gasteiger partial charge in [-0.05, 0) is 24.7 Å². The van der Waals surface area contributed by atoms with Gasteiger partial charge in [-0.2, -0.15) is 0 Å². The molecule has 3 amide bonds. The van der Waals surface area contributed by atoms with Crippen LogP contribution in [0.25, 0.3) is 0 Å². The lowest BCUT2D eigenvalue weighted by Gasteiger charge is -2.16. The Morgan fingerprint density at radius 2 is 1.85 bits per heavy atom. The summed E-state index contributed by atoms with van der Waals surface area (Å²) in [5.74, 6) is -0.545. The van der Waals surface area contributed by atoms with Crippen molar-refractivity contribution in [2.75, 3.05) is 13.1 Å². The highest BCUT2D eigenvalue weighted by atomic mass is 16.2. The second-order valence-electron chi connectivity index (χ2n) is 5.97. The number of nitrogens with one attached hydrogen (secondary N) is 1. The third-order valence-electron chi connectivity index (χ3n) is 4.72. The van der Waals surface area contributed by atoms with E-state index in [2.05, 4.69) is 17.5 Å². The number of allylic oxidation sites excluding steroid dienone is 2.